The van der Waals surface area contributed by atoms with E-state index in [9.17, 15) is 8.42 Å². The highest BCUT2D eigenvalue weighted by Crippen LogP contribution is 2.31. The van der Waals surface area contributed by atoms with Crippen molar-refractivity contribution < 1.29 is 8.42 Å². The molecule has 0 bridgehead atoms. The molecule has 2 aromatic rings. The summed E-state index contributed by atoms with van der Waals surface area (Å²) in [5.41, 5.74) is 6.41. The molecular formula is C11H13ClN4O2S. The average Bonchev–Trinajstić information content (AvgIpc) is 2.66. The molecule has 1 heterocycles. The maximum absolute atomic E-state index is 11.8. The Balaban J connectivity index is 2.75. The quantitative estimate of drug-likeness (QED) is 0.897. The van der Waals surface area contributed by atoms with E-state index < -0.39 is 9.84 Å². The lowest BCUT2D eigenvalue weighted by Crippen LogP contribution is -2.06. The molecule has 0 amide bonds. The number of sulfone groups is 1. The van der Waals surface area contributed by atoms with Crippen molar-refractivity contribution in [3.63, 3.8) is 0 Å². The van der Waals surface area contributed by atoms with E-state index in [-0.39, 0.29) is 16.5 Å². The zero-order valence-electron chi connectivity index (χ0n) is 10.4. The molecule has 3 N–H and O–H groups in total. The van der Waals surface area contributed by atoms with E-state index in [1.54, 1.807) is 31.3 Å². The zero-order chi connectivity index (χ0) is 14.2. The molecule has 0 fully saturated rings. The Kier molecular flexibility index (Phi) is 3.42. The molecule has 0 unspecified atom stereocenters. The third-order valence-corrected chi connectivity index (χ3v) is 4.03. The summed E-state index contributed by atoms with van der Waals surface area (Å²) in [7, 11) is -1.91. The minimum Gasteiger partial charge on any atom is -0.382 e. The van der Waals surface area contributed by atoms with Gasteiger partial charge in [-0.25, -0.2) is 13.1 Å². The summed E-state index contributed by atoms with van der Waals surface area (Å²) in [4.78, 5) is -0.0325. The summed E-state index contributed by atoms with van der Waals surface area (Å²) in [5.74, 6) is 0.222. The molecule has 0 radical (unpaired) electrons. The predicted octanol–water partition coefficient (Wildman–Crippen LogP) is 1.55. The van der Waals surface area contributed by atoms with Gasteiger partial charge in [0.15, 0.2) is 20.6 Å². The van der Waals surface area contributed by atoms with Gasteiger partial charge in [-0.2, -0.15) is 0 Å². The second-order valence-corrected chi connectivity index (χ2v) is 6.31. The van der Waals surface area contributed by atoms with Gasteiger partial charge in [-0.3, -0.25) is 0 Å². The molecule has 0 saturated carbocycles. The van der Waals surface area contributed by atoms with E-state index in [2.05, 4.69) is 10.4 Å². The van der Waals surface area contributed by atoms with Crippen molar-refractivity contribution in [3.8, 4) is 5.69 Å². The van der Waals surface area contributed by atoms with E-state index in [0.29, 0.717) is 10.7 Å². The van der Waals surface area contributed by atoms with Crippen LogP contribution >= 0.6 is 11.6 Å². The maximum Gasteiger partial charge on any atom is 0.182 e. The van der Waals surface area contributed by atoms with E-state index in [0.717, 1.165) is 6.26 Å². The summed E-state index contributed by atoms with van der Waals surface area (Å²) in [6.45, 7) is 0. The fraction of sp³-hybridized carbons (Fsp3) is 0.182. The lowest BCUT2D eigenvalue weighted by atomic mass is 10.3. The highest BCUT2D eigenvalue weighted by atomic mass is 35.5. The van der Waals surface area contributed by atoms with Crippen LogP contribution in [0.15, 0.2) is 29.2 Å². The molecule has 1 aromatic carbocycles. The summed E-state index contributed by atoms with van der Waals surface area (Å²) in [6, 6.07) is 6.91. The first-order valence-corrected chi connectivity index (χ1v) is 7.64. The van der Waals surface area contributed by atoms with Crippen LogP contribution in [0.2, 0.25) is 5.02 Å². The number of hydrogen-bond acceptors (Lipinski definition) is 5. The molecular weight excluding hydrogens is 288 g/mol. The Labute approximate surface area is 116 Å². The van der Waals surface area contributed by atoms with Gasteiger partial charge in [-0.1, -0.05) is 23.7 Å². The first kappa shape index (κ1) is 13.7. The third kappa shape index (κ3) is 2.39. The van der Waals surface area contributed by atoms with Crippen LogP contribution in [0.25, 0.3) is 5.69 Å². The highest BCUT2D eigenvalue weighted by molar-refractivity contribution is 7.91. The van der Waals surface area contributed by atoms with E-state index in [1.807, 2.05) is 0 Å². The summed E-state index contributed by atoms with van der Waals surface area (Å²) >= 11 is 6.06. The number of hydrogen-bond donors (Lipinski definition) is 2. The molecule has 0 aliphatic rings. The predicted molar refractivity (Wildman–Crippen MR) is 75.6 cm³/mol. The summed E-state index contributed by atoms with van der Waals surface area (Å²) in [6.07, 6.45) is 1.08. The summed E-state index contributed by atoms with van der Waals surface area (Å²) < 4.78 is 24.8. The van der Waals surface area contributed by atoms with Crippen molar-refractivity contribution in [2.24, 2.45) is 0 Å². The molecule has 0 aliphatic heterocycles. The standard InChI is InChI=1S/C11H13ClN4O2S/c1-14-11-9(19(2,17)18)10(13)16(15-11)8-6-4-3-5-7(8)12/h3-6H,13H2,1-2H3,(H,14,15). The van der Waals surface area contributed by atoms with Crippen LogP contribution in [-0.2, 0) is 9.84 Å². The van der Waals surface area contributed by atoms with Gasteiger partial charge in [0.2, 0.25) is 0 Å². The number of aromatic nitrogens is 2. The number of nitrogens with two attached hydrogens (primary N) is 1. The normalized spacial score (nSPS) is 11.5. The van der Waals surface area contributed by atoms with Gasteiger partial charge in [-0.15, -0.1) is 5.10 Å². The van der Waals surface area contributed by atoms with Gasteiger partial charge in [-0.05, 0) is 12.1 Å². The van der Waals surface area contributed by atoms with E-state index in [4.69, 9.17) is 17.3 Å². The zero-order valence-corrected chi connectivity index (χ0v) is 12.0. The van der Waals surface area contributed by atoms with Crippen LogP contribution in [0.4, 0.5) is 11.6 Å². The second kappa shape index (κ2) is 4.75. The largest absolute Gasteiger partial charge is 0.382 e. The van der Waals surface area contributed by atoms with Crippen LogP contribution in [0.3, 0.4) is 0 Å². The van der Waals surface area contributed by atoms with Crippen molar-refractivity contribution >= 4 is 33.1 Å². The Morgan fingerprint density at radius 3 is 2.47 bits per heavy atom. The molecule has 102 valence electrons. The minimum atomic E-state index is -3.49. The third-order valence-electron chi connectivity index (χ3n) is 2.56. The monoisotopic (exact) mass is 300 g/mol. The Morgan fingerprint density at radius 1 is 1.37 bits per heavy atom. The molecule has 1 aromatic heterocycles. The van der Waals surface area contributed by atoms with Gasteiger partial charge < -0.3 is 11.1 Å². The molecule has 6 nitrogen and oxygen atoms in total. The van der Waals surface area contributed by atoms with Crippen molar-refractivity contribution in [2.75, 3.05) is 24.4 Å². The van der Waals surface area contributed by atoms with Crippen molar-refractivity contribution in [2.45, 2.75) is 4.90 Å². The SMILES string of the molecule is CNc1nn(-c2ccccc2Cl)c(N)c1S(C)(=O)=O. The first-order chi connectivity index (χ1) is 8.86. The number of nitrogen functional groups attached to an aromatic ring is 1. The highest BCUT2D eigenvalue weighted by Gasteiger charge is 2.24. The lowest BCUT2D eigenvalue weighted by molar-refractivity contribution is 0.602. The molecule has 0 saturated heterocycles. The average molecular weight is 301 g/mol. The molecule has 19 heavy (non-hydrogen) atoms. The van der Waals surface area contributed by atoms with Crippen molar-refractivity contribution in [1.29, 1.82) is 0 Å². The van der Waals surface area contributed by atoms with Gasteiger partial charge in [0, 0.05) is 13.3 Å². The van der Waals surface area contributed by atoms with E-state index in [1.165, 1.54) is 4.68 Å². The van der Waals surface area contributed by atoms with Crippen LogP contribution in [0.1, 0.15) is 0 Å². The lowest BCUT2D eigenvalue weighted by Gasteiger charge is -2.05. The first-order valence-electron chi connectivity index (χ1n) is 5.37. The minimum absolute atomic E-state index is 0.0277. The number of benzene rings is 1. The number of nitrogens with zero attached hydrogens (tertiary/aromatic N) is 2. The Bertz CT molecular complexity index is 724. The molecule has 0 atom stereocenters. The molecule has 8 heteroatoms. The number of rotatable bonds is 3. The van der Waals surface area contributed by atoms with Crippen LogP contribution in [0, 0.1) is 0 Å². The molecule has 0 aliphatic carbocycles. The van der Waals surface area contributed by atoms with Gasteiger partial charge >= 0.3 is 0 Å². The summed E-state index contributed by atoms with van der Waals surface area (Å²) in [5, 5.41) is 7.29. The second-order valence-electron chi connectivity index (χ2n) is 3.95. The fourth-order valence-electron chi connectivity index (χ4n) is 1.75. The Morgan fingerprint density at radius 2 is 2.00 bits per heavy atom. The smallest absolute Gasteiger partial charge is 0.182 e. The van der Waals surface area contributed by atoms with Crippen molar-refractivity contribution in [3.05, 3.63) is 29.3 Å². The Hall–Kier alpha value is -1.73. The molecule has 2 rings (SSSR count). The molecule has 0 spiro atoms. The van der Waals surface area contributed by atoms with Gasteiger partial charge in [0.25, 0.3) is 0 Å². The number of para-hydroxylation sites is 1. The van der Waals surface area contributed by atoms with Crippen molar-refractivity contribution in [1.82, 2.24) is 9.78 Å². The van der Waals surface area contributed by atoms with Crippen LogP contribution in [0.5, 0.6) is 0 Å². The van der Waals surface area contributed by atoms with Crippen LogP contribution in [-0.4, -0.2) is 31.5 Å². The van der Waals surface area contributed by atoms with Crippen LogP contribution < -0.4 is 11.1 Å². The topological polar surface area (TPSA) is 90.0 Å². The maximum atomic E-state index is 11.8. The number of anilines is 2. The number of halogens is 1. The van der Waals surface area contributed by atoms with Gasteiger partial charge in [0.05, 0.1) is 10.7 Å². The number of nitrogens with one attached hydrogen (secondary N) is 1. The fourth-order valence-corrected chi connectivity index (χ4v) is 2.93. The van der Waals surface area contributed by atoms with E-state index >= 15 is 0 Å². The van der Waals surface area contributed by atoms with Gasteiger partial charge in [0.1, 0.15) is 5.82 Å².